The molecule has 6 heteroatoms. The van der Waals surface area contributed by atoms with Gasteiger partial charge in [0, 0.05) is 25.7 Å². The fraction of sp³-hybridized carbons (Fsp3) is 0.632. The molecule has 0 radical (unpaired) electrons. The van der Waals surface area contributed by atoms with Gasteiger partial charge < -0.3 is 14.6 Å². The van der Waals surface area contributed by atoms with Crippen molar-refractivity contribution in [1.29, 1.82) is 0 Å². The zero-order chi connectivity index (χ0) is 18.4. The van der Waals surface area contributed by atoms with Gasteiger partial charge in [-0.1, -0.05) is 18.2 Å². The first-order valence-corrected chi connectivity index (χ1v) is 8.65. The van der Waals surface area contributed by atoms with E-state index >= 15 is 0 Å². The molecule has 0 aromatic rings. The number of hydrogen-bond donors (Lipinski definition) is 1. The maximum absolute atomic E-state index is 12.4. The average molecular weight is 348 g/mol. The normalized spacial score (nSPS) is 41.2. The van der Waals surface area contributed by atoms with E-state index in [0.29, 0.717) is 6.42 Å². The van der Waals surface area contributed by atoms with E-state index in [9.17, 15) is 19.5 Å². The average Bonchev–Trinajstić information content (AvgIpc) is 2.91. The Kier molecular flexibility index (Phi) is 4.68. The van der Waals surface area contributed by atoms with Gasteiger partial charge in [0.15, 0.2) is 5.78 Å². The second-order valence-corrected chi connectivity index (χ2v) is 7.68. The van der Waals surface area contributed by atoms with Crippen LogP contribution >= 0.6 is 0 Å². The van der Waals surface area contributed by atoms with Crippen LogP contribution in [0.25, 0.3) is 0 Å². The Labute approximate surface area is 146 Å². The number of allylic oxidation sites excluding steroid dienone is 2. The van der Waals surface area contributed by atoms with E-state index in [1.54, 1.807) is 13.0 Å². The fourth-order valence-corrected chi connectivity index (χ4v) is 3.88. The SMILES string of the molecule is C=C(C)[C@H]1C/C=C2/C(=O)O[C@H](C[C@@]3(C)CC(=O)[C@@H](CC(=O)C1)O3)[C@@H]2O. The predicted molar refractivity (Wildman–Crippen MR) is 88.7 cm³/mol. The second-order valence-electron chi connectivity index (χ2n) is 7.68. The molecule has 3 rings (SSSR count). The van der Waals surface area contributed by atoms with Gasteiger partial charge in [0.25, 0.3) is 0 Å². The van der Waals surface area contributed by atoms with Crippen LogP contribution in [-0.4, -0.2) is 46.6 Å². The molecule has 5 atom stereocenters. The highest BCUT2D eigenvalue weighted by Crippen LogP contribution is 2.38. The molecule has 6 nitrogen and oxygen atoms in total. The third-order valence-electron chi connectivity index (χ3n) is 5.34. The van der Waals surface area contributed by atoms with E-state index in [1.807, 2.05) is 6.92 Å². The van der Waals surface area contributed by atoms with Gasteiger partial charge in [0.2, 0.25) is 0 Å². The van der Waals surface area contributed by atoms with Crippen molar-refractivity contribution >= 4 is 17.5 Å². The molecule has 2 fully saturated rings. The topological polar surface area (TPSA) is 89.9 Å². The number of aliphatic hydroxyl groups excluding tert-OH is 1. The molecule has 25 heavy (non-hydrogen) atoms. The number of fused-ring (bicyclic) bond motifs is 4. The van der Waals surface area contributed by atoms with Crippen LogP contribution in [0, 0.1) is 5.92 Å². The number of esters is 1. The lowest BCUT2D eigenvalue weighted by molar-refractivity contribution is -0.144. The standard InChI is InChI=1S/C19H24O6/c1-10(2)11-4-5-13-17(22)16(24-18(13)23)9-19(3)8-14(21)15(25-19)7-12(20)6-11/h5,11,15-17,22H,1,4,6-9H2,2-3H3/b13-5+/t11-,15+,16+,17+,19+/m0/s1. The molecule has 3 heterocycles. The first kappa shape index (κ1) is 18.0. The lowest BCUT2D eigenvalue weighted by Crippen LogP contribution is -2.35. The first-order chi connectivity index (χ1) is 11.7. The van der Waals surface area contributed by atoms with E-state index in [4.69, 9.17) is 9.47 Å². The van der Waals surface area contributed by atoms with Crippen molar-refractivity contribution in [2.75, 3.05) is 0 Å². The molecule has 136 valence electrons. The molecule has 0 aromatic heterocycles. The molecule has 3 aliphatic heterocycles. The lowest BCUT2D eigenvalue weighted by atomic mass is 9.87. The van der Waals surface area contributed by atoms with Crippen LogP contribution in [-0.2, 0) is 23.9 Å². The molecule has 2 saturated heterocycles. The van der Waals surface area contributed by atoms with Gasteiger partial charge >= 0.3 is 5.97 Å². The summed E-state index contributed by atoms with van der Waals surface area (Å²) in [6, 6.07) is 0. The molecular weight excluding hydrogens is 324 g/mol. The van der Waals surface area contributed by atoms with Crippen LogP contribution < -0.4 is 0 Å². The third kappa shape index (κ3) is 3.60. The summed E-state index contributed by atoms with van der Waals surface area (Å²) in [5.41, 5.74) is 0.194. The summed E-state index contributed by atoms with van der Waals surface area (Å²) in [5.74, 6) is -0.871. The number of carbonyl (C=O) groups excluding carboxylic acids is 3. The monoisotopic (exact) mass is 348 g/mol. The Morgan fingerprint density at radius 1 is 1.32 bits per heavy atom. The Morgan fingerprint density at radius 3 is 2.72 bits per heavy atom. The van der Waals surface area contributed by atoms with Crippen molar-refractivity contribution in [3.63, 3.8) is 0 Å². The lowest BCUT2D eigenvalue weighted by Gasteiger charge is -2.27. The zero-order valence-electron chi connectivity index (χ0n) is 14.6. The minimum Gasteiger partial charge on any atom is -0.456 e. The highest BCUT2D eigenvalue weighted by Gasteiger charge is 2.49. The van der Waals surface area contributed by atoms with E-state index < -0.39 is 29.9 Å². The van der Waals surface area contributed by atoms with E-state index in [1.165, 1.54) is 0 Å². The van der Waals surface area contributed by atoms with Gasteiger partial charge in [0.05, 0.1) is 11.2 Å². The molecule has 4 bridgehead atoms. The molecule has 0 unspecified atom stereocenters. The largest absolute Gasteiger partial charge is 0.456 e. The van der Waals surface area contributed by atoms with Gasteiger partial charge in [-0.2, -0.15) is 0 Å². The van der Waals surface area contributed by atoms with Gasteiger partial charge in [-0.15, -0.1) is 0 Å². The molecule has 0 spiro atoms. The molecule has 0 aromatic carbocycles. The summed E-state index contributed by atoms with van der Waals surface area (Å²) in [5, 5.41) is 10.5. The van der Waals surface area contributed by atoms with Gasteiger partial charge in [-0.25, -0.2) is 4.79 Å². The van der Waals surface area contributed by atoms with Gasteiger partial charge in [-0.3, -0.25) is 9.59 Å². The summed E-state index contributed by atoms with van der Waals surface area (Å²) in [6.07, 6.45) is 0.187. The first-order valence-electron chi connectivity index (χ1n) is 8.65. The summed E-state index contributed by atoms with van der Waals surface area (Å²) in [7, 11) is 0. The number of ketones is 2. The minimum atomic E-state index is -1.05. The number of hydrogen-bond acceptors (Lipinski definition) is 6. The highest BCUT2D eigenvalue weighted by atomic mass is 16.6. The molecule has 0 amide bonds. The number of aliphatic hydroxyl groups is 1. The molecule has 0 saturated carbocycles. The van der Waals surface area contributed by atoms with Crippen molar-refractivity contribution in [2.45, 2.75) is 69.9 Å². The number of Topliss-reactive ketones (excluding diaryl/α,β-unsaturated/α-hetero) is 2. The summed E-state index contributed by atoms with van der Waals surface area (Å²) >= 11 is 0. The van der Waals surface area contributed by atoms with Crippen molar-refractivity contribution < 1.29 is 29.0 Å². The van der Waals surface area contributed by atoms with Crippen LogP contribution in [0.3, 0.4) is 0 Å². The van der Waals surface area contributed by atoms with E-state index in [0.717, 1.165) is 5.57 Å². The molecule has 3 aliphatic rings. The van der Waals surface area contributed by atoms with Gasteiger partial charge in [-0.05, 0) is 26.2 Å². The van der Waals surface area contributed by atoms with E-state index in [-0.39, 0.29) is 48.7 Å². The predicted octanol–water partition coefficient (Wildman–Crippen LogP) is 1.65. The van der Waals surface area contributed by atoms with Crippen molar-refractivity contribution in [2.24, 2.45) is 5.92 Å². The maximum atomic E-state index is 12.4. The Hall–Kier alpha value is -1.79. The zero-order valence-corrected chi connectivity index (χ0v) is 14.6. The number of rotatable bonds is 1. The van der Waals surface area contributed by atoms with Crippen molar-refractivity contribution in [3.8, 4) is 0 Å². The number of ether oxygens (including phenoxy) is 2. The van der Waals surface area contributed by atoms with Crippen LogP contribution in [0.2, 0.25) is 0 Å². The summed E-state index contributed by atoms with van der Waals surface area (Å²) < 4.78 is 11.2. The molecule has 0 aliphatic carbocycles. The summed E-state index contributed by atoms with van der Waals surface area (Å²) in [4.78, 5) is 36.8. The Bertz CT molecular complexity index is 663. The van der Waals surface area contributed by atoms with Crippen LogP contribution in [0.15, 0.2) is 23.8 Å². The number of carbonyl (C=O) groups is 3. The van der Waals surface area contributed by atoms with Crippen molar-refractivity contribution in [3.05, 3.63) is 23.8 Å². The second kappa shape index (κ2) is 6.50. The highest BCUT2D eigenvalue weighted by molar-refractivity contribution is 5.93. The van der Waals surface area contributed by atoms with Crippen molar-refractivity contribution in [1.82, 2.24) is 0 Å². The van der Waals surface area contributed by atoms with Crippen LogP contribution in [0.5, 0.6) is 0 Å². The quantitative estimate of drug-likeness (QED) is 0.572. The van der Waals surface area contributed by atoms with Crippen LogP contribution in [0.1, 0.15) is 46.0 Å². The molecular formula is C19H24O6. The maximum Gasteiger partial charge on any atom is 0.336 e. The van der Waals surface area contributed by atoms with E-state index in [2.05, 4.69) is 6.58 Å². The Balaban J connectivity index is 1.94. The third-order valence-corrected chi connectivity index (χ3v) is 5.34. The smallest absolute Gasteiger partial charge is 0.336 e. The minimum absolute atomic E-state index is 0.0541. The summed E-state index contributed by atoms with van der Waals surface area (Å²) in [6.45, 7) is 7.50. The molecule has 1 N–H and O–H groups in total. The fourth-order valence-electron chi connectivity index (χ4n) is 3.88. The van der Waals surface area contributed by atoms with Crippen LogP contribution in [0.4, 0.5) is 0 Å². The van der Waals surface area contributed by atoms with Gasteiger partial charge in [0.1, 0.15) is 24.1 Å². The Morgan fingerprint density at radius 2 is 2.04 bits per heavy atom.